The van der Waals surface area contributed by atoms with Gasteiger partial charge in [0.2, 0.25) is 5.91 Å². The molecule has 1 aromatic rings. The summed E-state index contributed by atoms with van der Waals surface area (Å²) in [6.45, 7) is 3.92. The fraction of sp³-hybridized carbons (Fsp3) is 0.467. The molecule has 0 aromatic heterocycles. The highest BCUT2D eigenvalue weighted by molar-refractivity contribution is 5.82. The molecule has 1 aromatic carbocycles. The first-order valence-corrected chi connectivity index (χ1v) is 6.85. The summed E-state index contributed by atoms with van der Waals surface area (Å²) >= 11 is 0. The Morgan fingerprint density at radius 1 is 1.40 bits per heavy atom. The number of benzene rings is 1. The third kappa shape index (κ3) is 2.03. The number of aryl methyl sites for hydroxylation is 1. The van der Waals surface area contributed by atoms with Crippen LogP contribution in [-0.4, -0.2) is 54.0 Å². The second kappa shape index (κ2) is 4.51. The molecule has 0 aliphatic carbocycles. The number of likely N-dealkylation sites (tertiary alicyclic amines) is 1. The summed E-state index contributed by atoms with van der Waals surface area (Å²) in [6.07, 6.45) is 0.433. The van der Waals surface area contributed by atoms with E-state index in [1.165, 1.54) is 5.56 Å². The average molecular weight is 273 g/mol. The summed E-state index contributed by atoms with van der Waals surface area (Å²) in [7, 11) is 1.80. The highest BCUT2D eigenvalue weighted by Gasteiger charge is 2.53. The van der Waals surface area contributed by atoms with Gasteiger partial charge in [-0.25, -0.2) is 4.79 Å². The number of hydrogen-bond donors (Lipinski definition) is 1. The van der Waals surface area contributed by atoms with Crippen molar-refractivity contribution < 1.29 is 9.59 Å². The number of hydrogen-bond acceptors (Lipinski definition) is 2. The first-order valence-electron chi connectivity index (χ1n) is 6.85. The molecule has 5 heteroatoms. The van der Waals surface area contributed by atoms with Crippen LogP contribution >= 0.6 is 0 Å². The summed E-state index contributed by atoms with van der Waals surface area (Å²) in [5, 5.41) is 2.83. The van der Waals surface area contributed by atoms with Crippen LogP contribution < -0.4 is 5.32 Å². The van der Waals surface area contributed by atoms with Crippen LogP contribution in [0.2, 0.25) is 0 Å². The largest absolute Gasteiger partial charge is 0.337 e. The minimum absolute atomic E-state index is 0.0456. The molecular weight excluding hydrogens is 254 g/mol. The lowest BCUT2D eigenvalue weighted by molar-refractivity contribution is -0.141. The van der Waals surface area contributed by atoms with Crippen molar-refractivity contribution >= 4 is 11.9 Å². The summed E-state index contributed by atoms with van der Waals surface area (Å²) < 4.78 is 0. The average Bonchev–Trinajstić information content (AvgIpc) is 2.65. The highest BCUT2D eigenvalue weighted by Crippen LogP contribution is 2.30. The Morgan fingerprint density at radius 2 is 2.15 bits per heavy atom. The van der Waals surface area contributed by atoms with Gasteiger partial charge < -0.3 is 15.1 Å². The predicted molar refractivity (Wildman–Crippen MR) is 75.4 cm³/mol. The van der Waals surface area contributed by atoms with E-state index in [9.17, 15) is 9.59 Å². The van der Waals surface area contributed by atoms with E-state index in [1.807, 2.05) is 36.1 Å². The minimum atomic E-state index is -0.181. The Morgan fingerprint density at radius 3 is 2.75 bits per heavy atom. The monoisotopic (exact) mass is 273 g/mol. The molecular formula is C15H19N3O2. The zero-order valence-corrected chi connectivity index (χ0v) is 11.8. The molecule has 3 rings (SSSR count). The lowest BCUT2D eigenvalue weighted by Crippen LogP contribution is -2.70. The lowest BCUT2D eigenvalue weighted by Gasteiger charge is -2.50. The molecule has 1 N–H and O–H groups in total. The van der Waals surface area contributed by atoms with Crippen LogP contribution in [0.15, 0.2) is 24.3 Å². The van der Waals surface area contributed by atoms with Gasteiger partial charge in [0.15, 0.2) is 0 Å². The van der Waals surface area contributed by atoms with E-state index in [0.29, 0.717) is 26.1 Å². The summed E-state index contributed by atoms with van der Waals surface area (Å²) in [4.78, 5) is 27.3. The zero-order chi connectivity index (χ0) is 14.3. The Hall–Kier alpha value is -2.04. The number of nitrogens with one attached hydrogen (secondary N) is 1. The van der Waals surface area contributed by atoms with Gasteiger partial charge in [-0.3, -0.25) is 4.79 Å². The van der Waals surface area contributed by atoms with Crippen LogP contribution in [0.25, 0.3) is 0 Å². The van der Waals surface area contributed by atoms with Crippen molar-refractivity contribution in [2.24, 2.45) is 0 Å². The number of carbonyl (C=O) groups excluding carboxylic acids is 2. The Balaban J connectivity index is 1.60. The molecule has 2 aliphatic rings. The van der Waals surface area contributed by atoms with Crippen molar-refractivity contribution in [3.05, 3.63) is 35.4 Å². The quantitative estimate of drug-likeness (QED) is 0.865. The van der Waals surface area contributed by atoms with Gasteiger partial charge in [0.05, 0.1) is 12.0 Å². The van der Waals surface area contributed by atoms with E-state index < -0.39 is 0 Å². The molecule has 2 fully saturated rings. The summed E-state index contributed by atoms with van der Waals surface area (Å²) in [6, 6.07) is 7.98. The van der Waals surface area contributed by atoms with Gasteiger partial charge in [-0.1, -0.05) is 29.8 Å². The number of amides is 3. The Labute approximate surface area is 118 Å². The van der Waals surface area contributed by atoms with Crippen LogP contribution in [-0.2, 0) is 11.2 Å². The SMILES string of the molecule is Cc1cccc(CC(=O)N2CC3(CNC(=O)N3C)C2)c1. The van der Waals surface area contributed by atoms with Gasteiger partial charge in [-0.15, -0.1) is 0 Å². The van der Waals surface area contributed by atoms with Gasteiger partial charge in [0.1, 0.15) is 0 Å². The van der Waals surface area contributed by atoms with Crippen molar-refractivity contribution in [2.45, 2.75) is 18.9 Å². The van der Waals surface area contributed by atoms with Crippen LogP contribution in [0.4, 0.5) is 4.79 Å². The Kier molecular flexibility index (Phi) is 2.92. The topological polar surface area (TPSA) is 52.7 Å². The first-order chi connectivity index (χ1) is 9.50. The van der Waals surface area contributed by atoms with Crippen molar-refractivity contribution in [3.8, 4) is 0 Å². The maximum Gasteiger partial charge on any atom is 0.317 e. The van der Waals surface area contributed by atoms with E-state index >= 15 is 0 Å². The molecule has 5 nitrogen and oxygen atoms in total. The standard InChI is InChI=1S/C15H19N3O2/c1-11-4-3-5-12(6-11)7-13(19)18-9-15(10-18)8-16-14(20)17(15)2/h3-6H,7-10H2,1-2H3,(H,16,20). The Bertz CT molecular complexity index is 564. The second-order valence-electron chi connectivity index (χ2n) is 5.86. The molecule has 0 unspecified atom stereocenters. The molecule has 2 saturated heterocycles. The molecule has 2 aliphatic heterocycles. The number of carbonyl (C=O) groups is 2. The number of nitrogens with zero attached hydrogens (tertiary/aromatic N) is 2. The molecule has 0 saturated carbocycles. The van der Waals surface area contributed by atoms with Crippen LogP contribution in [0.5, 0.6) is 0 Å². The minimum Gasteiger partial charge on any atom is -0.337 e. The third-order valence-electron chi connectivity index (χ3n) is 4.35. The van der Waals surface area contributed by atoms with Crippen molar-refractivity contribution in [3.63, 3.8) is 0 Å². The second-order valence-corrected chi connectivity index (χ2v) is 5.86. The molecule has 3 amide bonds. The van der Waals surface area contributed by atoms with Gasteiger partial charge in [0.25, 0.3) is 0 Å². The fourth-order valence-corrected chi connectivity index (χ4v) is 2.97. The van der Waals surface area contributed by atoms with Gasteiger partial charge in [-0.2, -0.15) is 0 Å². The molecule has 2 heterocycles. The normalized spacial score (nSPS) is 20.0. The maximum absolute atomic E-state index is 12.2. The van der Waals surface area contributed by atoms with Gasteiger partial charge in [0, 0.05) is 26.7 Å². The van der Waals surface area contributed by atoms with Crippen molar-refractivity contribution in [1.82, 2.24) is 15.1 Å². The van der Waals surface area contributed by atoms with Crippen molar-refractivity contribution in [2.75, 3.05) is 26.7 Å². The predicted octanol–water partition coefficient (Wildman–Crippen LogP) is 0.774. The molecule has 0 atom stereocenters. The maximum atomic E-state index is 12.2. The number of likely N-dealkylation sites (N-methyl/N-ethyl adjacent to an activating group) is 1. The van der Waals surface area contributed by atoms with Gasteiger partial charge in [-0.05, 0) is 12.5 Å². The zero-order valence-electron chi connectivity index (χ0n) is 11.8. The lowest BCUT2D eigenvalue weighted by atomic mass is 9.89. The van der Waals surface area contributed by atoms with E-state index in [-0.39, 0.29) is 17.5 Å². The fourth-order valence-electron chi connectivity index (χ4n) is 2.97. The van der Waals surface area contributed by atoms with E-state index in [0.717, 1.165) is 5.56 Å². The van der Waals surface area contributed by atoms with Crippen LogP contribution in [0.1, 0.15) is 11.1 Å². The molecule has 20 heavy (non-hydrogen) atoms. The van der Waals surface area contributed by atoms with E-state index in [1.54, 1.807) is 11.9 Å². The molecule has 106 valence electrons. The summed E-state index contributed by atoms with van der Waals surface area (Å²) in [5.41, 5.74) is 2.03. The third-order valence-corrected chi connectivity index (χ3v) is 4.35. The molecule has 1 spiro atoms. The molecule has 0 bridgehead atoms. The summed E-state index contributed by atoms with van der Waals surface area (Å²) in [5.74, 6) is 0.133. The molecule has 0 radical (unpaired) electrons. The van der Waals surface area contributed by atoms with Crippen LogP contribution in [0, 0.1) is 6.92 Å². The first kappa shape index (κ1) is 13.0. The number of rotatable bonds is 2. The van der Waals surface area contributed by atoms with E-state index in [4.69, 9.17) is 0 Å². The van der Waals surface area contributed by atoms with E-state index in [2.05, 4.69) is 5.32 Å². The highest BCUT2D eigenvalue weighted by atomic mass is 16.2. The van der Waals surface area contributed by atoms with Crippen molar-refractivity contribution in [1.29, 1.82) is 0 Å². The number of urea groups is 1. The van der Waals surface area contributed by atoms with Gasteiger partial charge >= 0.3 is 6.03 Å². The smallest absolute Gasteiger partial charge is 0.317 e. The van der Waals surface area contributed by atoms with Crippen LogP contribution in [0.3, 0.4) is 0 Å².